The monoisotopic (exact) mass is 437 g/mol. The molecule has 0 N–H and O–H groups in total. The number of ether oxygens (including phenoxy) is 1. The van der Waals surface area contributed by atoms with Crippen LogP contribution >= 0.6 is 27.3 Å². The van der Waals surface area contributed by atoms with Gasteiger partial charge in [-0.25, -0.2) is 4.79 Å². The van der Waals surface area contributed by atoms with Crippen molar-refractivity contribution in [3.8, 4) is 0 Å². The maximum absolute atomic E-state index is 12.9. The van der Waals surface area contributed by atoms with Gasteiger partial charge in [0.2, 0.25) is 0 Å². The summed E-state index contributed by atoms with van der Waals surface area (Å²) >= 11 is 5.06. The van der Waals surface area contributed by atoms with Crippen LogP contribution in [0.15, 0.2) is 28.8 Å². The van der Waals surface area contributed by atoms with Gasteiger partial charge in [0.15, 0.2) is 6.29 Å². The van der Waals surface area contributed by atoms with Crippen LogP contribution in [0.4, 0.5) is 4.79 Å². The van der Waals surface area contributed by atoms with Gasteiger partial charge in [0.1, 0.15) is 5.60 Å². The molecule has 3 atom stereocenters. The fourth-order valence-corrected chi connectivity index (χ4v) is 5.07. The van der Waals surface area contributed by atoms with E-state index in [0.29, 0.717) is 17.3 Å². The molecule has 6 heteroatoms. The van der Waals surface area contributed by atoms with E-state index in [0.717, 1.165) is 27.6 Å². The Kier molecular flexibility index (Phi) is 5.45. The van der Waals surface area contributed by atoms with Gasteiger partial charge in [0.25, 0.3) is 0 Å². The fraction of sp³-hybridized carbons (Fsp3) is 0.500. The van der Waals surface area contributed by atoms with Gasteiger partial charge >= 0.3 is 6.09 Å². The zero-order valence-corrected chi connectivity index (χ0v) is 17.9. The summed E-state index contributed by atoms with van der Waals surface area (Å²) in [7, 11) is 0. The van der Waals surface area contributed by atoms with Crippen LogP contribution in [0.5, 0.6) is 0 Å². The van der Waals surface area contributed by atoms with Gasteiger partial charge in [-0.15, -0.1) is 11.3 Å². The second kappa shape index (κ2) is 7.31. The molecular weight excluding hydrogens is 414 g/mol. The minimum Gasteiger partial charge on any atom is -0.444 e. The lowest BCUT2D eigenvalue weighted by Gasteiger charge is -2.45. The van der Waals surface area contributed by atoms with E-state index in [4.69, 9.17) is 4.74 Å². The average molecular weight is 438 g/mol. The molecule has 3 unspecified atom stereocenters. The van der Waals surface area contributed by atoms with Gasteiger partial charge in [-0.2, -0.15) is 0 Å². The Morgan fingerprint density at radius 3 is 2.77 bits per heavy atom. The minimum absolute atomic E-state index is 0.133. The number of carbonyl (C=O) groups is 2. The lowest BCUT2D eigenvalue weighted by Crippen LogP contribution is -2.47. The first-order chi connectivity index (χ1) is 12.2. The molecule has 1 saturated heterocycles. The van der Waals surface area contributed by atoms with E-state index < -0.39 is 5.60 Å². The molecule has 1 aliphatic carbocycles. The molecule has 3 rings (SSSR count). The summed E-state index contributed by atoms with van der Waals surface area (Å²) in [5.74, 6) is 0.530. The largest absolute Gasteiger partial charge is 0.444 e. The number of likely N-dealkylation sites (tertiary alicyclic amines) is 1. The van der Waals surface area contributed by atoms with E-state index in [2.05, 4.69) is 34.2 Å². The molecule has 0 spiro atoms. The minimum atomic E-state index is -0.543. The zero-order chi connectivity index (χ0) is 19.1. The number of piperidine rings is 1. The molecule has 1 aromatic heterocycles. The van der Waals surface area contributed by atoms with Crippen LogP contribution in [0.1, 0.15) is 53.3 Å². The lowest BCUT2D eigenvalue weighted by molar-refractivity contribution is -0.00164. The van der Waals surface area contributed by atoms with Crippen LogP contribution in [-0.4, -0.2) is 29.4 Å². The summed E-state index contributed by atoms with van der Waals surface area (Å²) in [5, 5.41) is 0. The summed E-state index contributed by atoms with van der Waals surface area (Å²) in [6, 6.07) is 1.79. The highest BCUT2D eigenvalue weighted by Gasteiger charge is 2.42. The first-order valence-corrected chi connectivity index (χ1v) is 10.4. The normalized spacial score (nSPS) is 25.5. The highest BCUT2D eigenvalue weighted by Crippen LogP contribution is 2.46. The number of hydrogen-bond donors (Lipinski definition) is 0. The van der Waals surface area contributed by atoms with Gasteiger partial charge < -0.3 is 9.64 Å². The molecule has 0 bridgehead atoms. The van der Waals surface area contributed by atoms with Crippen LogP contribution in [0.25, 0.3) is 0 Å². The van der Waals surface area contributed by atoms with Crippen LogP contribution in [0.3, 0.4) is 0 Å². The summed E-state index contributed by atoms with van der Waals surface area (Å²) in [6.07, 6.45) is 7.97. The maximum Gasteiger partial charge on any atom is 0.410 e. The number of amides is 1. The maximum atomic E-state index is 12.9. The molecule has 1 fully saturated rings. The van der Waals surface area contributed by atoms with Crippen molar-refractivity contribution in [2.75, 3.05) is 6.54 Å². The number of carbonyl (C=O) groups excluding carboxylic acids is 2. The van der Waals surface area contributed by atoms with Crippen LogP contribution in [0, 0.1) is 18.8 Å². The van der Waals surface area contributed by atoms with Crippen molar-refractivity contribution in [1.29, 1.82) is 0 Å². The Balaban J connectivity index is 2.03. The summed E-state index contributed by atoms with van der Waals surface area (Å²) in [6.45, 7) is 8.30. The number of rotatable bonds is 2. The van der Waals surface area contributed by atoms with Gasteiger partial charge in [-0.3, -0.25) is 4.79 Å². The molecule has 1 amide bonds. The Hall–Kier alpha value is -1.40. The van der Waals surface area contributed by atoms with Crippen molar-refractivity contribution in [2.24, 2.45) is 11.8 Å². The van der Waals surface area contributed by atoms with E-state index in [1.165, 1.54) is 11.3 Å². The molecule has 2 heterocycles. The third kappa shape index (κ3) is 3.96. The summed E-state index contributed by atoms with van der Waals surface area (Å²) < 4.78 is 6.71. The predicted molar refractivity (Wildman–Crippen MR) is 108 cm³/mol. The first kappa shape index (κ1) is 19.4. The number of fused-ring (bicyclic) bond motifs is 1. The van der Waals surface area contributed by atoms with E-state index >= 15 is 0 Å². The topological polar surface area (TPSA) is 46.6 Å². The third-order valence-electron chi connectivity index (χ3n) is 4.79. The van der Waals surface area contributed by atoms with Crippen LogP contribution in [-0.2, 0) is 4.74 Å². The smallest absolute Gasteiger partial charge is 0.410 e. The SMILES string of the molecule is Cc1sc(C=O)cc1C1C2C=C(Br)C=CC2CCN1C(=O)OC(C)(C)C. The van der Waals surface area contributed by atoms with E-state index in [1.54, 1.807) is 0 Å². The Labute approximate surface area is 167 Å². The van der Waals surface area contributed by atoms with Crippen molar-refractivity contribution in [1.82, 2.24) is 4.90 Å². The number of allylic oxidation sites excluding steroid dienone is 3. The highest BCUT2D eigenvalue weighted by molar-refractivity contribution is 9.11. The Morgan fingerprint density at radius 2 is 2.15 bits per heavy atom. The van der Waals surface area contributed by atoms with E-state index in [1.807, 2.05) is 38.7 Å². The number of aryl methyl sites for hydroxylation is 1. The van der Waals surface area contributed by atoms with Crippen molar-refractivity contribution < 1.29 is 14.3 Å². The van der Waals surface area contributed by atoms with Crippen molar-refractivity contribution in [2.45, 2.75) is 45.8 Å². The Bertz CT molecular complexity index is 775. The van der Waals surface area contributed by atoms with Crippen molar-refractivity contribution in [3.05, 3.63) is 44.1 Å². The van der Waals surface area contributed by atoms with Gasteiger partial charge in [0.05, 0.1) is 10.9 Å². The predicted octanol–water partition coefficient (Wildman–Crippen LogP) is 5.63. The fourth-order valence-electron chi connectivity index (χ4n) is 3.73. The number of hydrogen-bond acceptors (Lipinski definition) is 4. The second-order valence-electron chi connectivity index (χ2n) is 7.84. The highest BCUT2D eigenvalue weighted by atomic mass is 79.9. The molecule has 0 saturated carbocycles. The van der Waals surface area contributed by atoms with E-state index in [-0.39, 0.29) is 18.1 Å². The van der Waals surface area contributed by atoms with Crippen LogP contribution in [0.2, 0.25) is 0 Å². The second-order valence-corrected chi connectivity index (χ2v) is 10.0. The van der Waals surface area contributed by atoms with Gasteiger partial charge in [-0.1, -0.05) is 34.2 Å². The zero-order valence-electron chi connectivity index (χ0n) is 15.5. The molecular formula is C20H24BrNO3S. The molecule has 2 aliphatic rings. The molecule has 26 heavy (non-hydrogen) atoms. The Morgan fingerprint density at radius 1 is 1.42 bits per heavy atom. The molecule has 1 aliphatic heterocycles. The first-order valence-electron chi connectivity index (χ1n) is 8.80. The molecule has 1 aromatic rings. The molecule has 4 nitrogen and oxygen atoms in total. The lowest BCUT2D eigenvalue weighted by atomic mass is 9.75. The number of nitrogens with zero attached hydrogens (tertiary/aromatic N) is 1. The third-order valence-corrected chi connectivity index (χ3v) is 6.31. The molecule has 140 valence electrons. The number of aldehydes is 1. The average Bonchev–Trinajstić information content (AvgIpc) is 2.92. The van der Waals surface area contributed by atoms with Gasteiger partial charge in [-0.05, 0) is 51.7 Å². The molecule has 0 aromatic carbocycles. The number of thiophene rings is 1. The quantitative estimate of drug-likeness (QED) is 0.562. The van der Waals surface area contributed by atoms with Gasteiger partial charge in [0, 0.05) is 21.8 Å². The van der Waals surface area contributed by atoms with E-state index in [9.17, 15) is 9.59 Å². The summed E-state index contributed by atoms with van der Waals surface area (Å²) in [5.41, 5.74) is 0.503. The van der Waals surface area contributed by atoms with Crippen molar-refractivity contribution >= 4 is 39.6 Å². The van der Waals surface area contributed by atoms with Crippen molar-refractivity contribution in [3.63, 3.8) is 0 Å². The standard InChI is InChI=1S/C20H24BrNO3S/c1-12-16(10-15(11-23)26-12)18-17-9-14(21)6-5-13(17)7-8-22(18)19(24)25-20(2,3)4/h5-6,9-11,13,17-18H,7-8H2,1-4H3. The van der Waals surface area contributed by atoms with Crippen LogP contribution < -0.4 is 0 Å². The number of halogens is 1. The summed E-state index contributed by atoms with van der Waals surface area (Å²) in [4.78, 5) is 27.8. The molecule has 0 radical (unpaired) electrons.